The minimum Gasteiger partial charge on any atom is -0.464 e. The van der Waals surface area contributed by atoms with Gasteiger partial charge in [0.25, 0.3) is 0 Å². The summed E-state index contributed by atoms with van der Waals surface area (Å²) in [5, 5.41) is -0.437. The van der Waals surface area contributed by atoms with Crippen LogP contribution in [-0.2, 0) is 4.74 Å². The van der Waals surface area contributed by atoms with E-state index in [4.69, 9.17) is 17.3 Å². The average Bonchev–Trinajstić information content (AvgIpc) is 2.32. The van der Waals surface area contributed by atoms with Gasteiger partial charge in [-0.05, 0) is 6.92 Å². The standard InChI is InChI=1S/C8H8ClFN2O2.C2H6/c1-3-5(11)4(10)7(9)12-6(3)8(13)14-2;1-2/h1-2H3,(H2,11,12);1-2H3. The van der Waals surface area contributed by atoms with Crippen LogP contribution in [0.25, 0.3) is 0 Å². The molecule has 0 spiro atoms. The number of carbonyl (C=O) groups is 1. The molecule has 6 heteroatoms. The Kier molecular flexibility index (Phi) is 5.74. The molecule has 90 valence electrons. The molecule has 0 aliphatic carbocycles. The van der Waals surface area contributed by atoms with E-state index >= 15 is 0 Å². The second-order valence-electron chi connectivity index (χ2n) is 2.60. The lowest BCUT2D eigenvalue weighted by molar-refractivity contribution is 0.0593. The fraction of sp³-hybridized carbons (Fsp3) is 0.400. The van der Waals surface area contributed by atoms with Crippen molar-refractivity contribution in [2.24, 2.45) is 0 Å². The molecule has 0 atom stereocenters. The zero-order chi connectivity index (χ0) is 12.9. The van der Waals surface area contributed by atoms with Crippen molar-refractivity contribution in [3.63, 3.8) is 0 Å². The van der Waals surface area contributed by atoms with Crippen molar-refractivity contribution in [1.82, 2.24) is 4.98 Å². The molecular formula is C10H14ClFN2O2. The summed E-state index contributed by atoms with van der Waals surface area (Å²) in [6, 6.07) is 0. The van der Waals surface area contributed by atoms with Gasteiger partial charge in [-0.25, -0.2) is 14.2 Å². The number of hydrogen-bond donors (Lipinski definition) is 1. The van der Waals surface area contributed by atoms with Gasteiger partial charge in [0.1, 0.15) is 0 Å². The highest BCUT2D eigenvalue weighted by Crippen LogP contribution is 2.24. The molecule has 1 rings (SSSR count). The first-order chi connectivity index (χ1) is 7.49. The van der Waals surface area contributed by atoms with Gasteiger partial charge < -0.3 is 10.5 Å². The van der Waals surface area contributed by atoms with Crippen molar-refractivity contribution in [2.45, 2.75) is 20.8 Å². The Morgan fingerprint density at radius 1 is 1.50 bits per heavy atom. The third kappa shape index (κ3) is 2.82. The number of carbonyl (C=O) groups excluding carboxylic acids is 1. The predicted molar refractivity (Wildman–Crippen MR) is 61.0 cm³/mol. The molecule has 0 aromatic carbocycles. The SMILES string of the molecule is CC.COC(=O)c1nc(Cl)c(F)c(N)c1C. The second kappa shape index (κ2) is 6.27. The first-order valence-electron chi connectivity index (χ1n) is 4.68. The Bertz CT molecular complexity index is 397. The monoisotopic (exact) mass is 248 g/mol. The number of hydrogen-bond acceptors (Lipinski definition) is 4. The zero-order valence-electron chi connectivity index (χ0n) is 9.60. The summed E-state index contributed by atoms with van der Waals surface area (Å²) in [6.07, 6.45) is 0. The van der Waals surface area contributed by atoms with Crippen LogP contribution in [0.4, 0.5) is 10.1 Å². The number of nitrogens with two attached hydrogens (primary N) is 1. The predicted octanol–water partition coefficient (Wildman–Crippen LogP) is 2.58. The molecule has 0 unspecified atom stereocenters. The van der Waals surface area contributed by atoms with Crippen molar-refractivity contribution in [3.8, 4) is 0 Å². The summed E-state index contributed by atoms with van der Waals surface area (Å²) in [7, 11) is 1.19. The summed E-state index contributed by atoms with van der Waals surface area (Å²) < 4.78 is 17.5. The van der Waals surface area contributed by atoms with E-state index in [2.05, 4.69) is 9.72 Å². The molecule has 1 heterocycles. The smallest absolute Gasteiger partial charge is 0.357 e. The third-order valence-electron chi connectivity index (χ3n) is 1.77. The van der Waals surface area contributed by atoms with Gasteiger partial charge in [-0.1, -0.05) is 25.4 Å². The van der Waals surface area contributed by atoms with Crippen molar-refractivity contribution >= 4 is 23.3 Å². The molecule has 0 saturated heterocycles. The first kappa shape index (κ1) is 14.6. The lowest BCUT2D eigenvalue weighted by atomic mass is 10.2. The van der Waals surface area contributed by atoms with E-state index in [-0.39, 0.29) is 16.9 Å². The molecule has 0 fully saturated rings. The van der Waals surface area contributed by atoms with E-state index in [9.17, 15) is 9.18 Å². The Morgan fingerprint density at radius 3 is 2.44 bits per heavy atom. The normalized spacial score (nSPS) is 9.12. The lowest BCUT2D eigenvalue weighted by Crippen LogP contribution is -2.11. The lowest BCUT2D eigenvalue weighted by Gasteiger charge is -2.07. The van der Waals surface area contributed by atoms with Gasteiger partial charge in [-0.3, -0.25) is 0 Å². The zero-order valence-corrected chi connectivity index (χ0v) is 10.4. The van der Waals surface area contributed by atoms with E-state index in [1.807, 2.05) is 13.8 Å². The van der Waals surface area contributed by atoms with E-state index in [1.165, 1.54) is 14.0 Å². The van der Waals surface area contributed by atoms with Crippen LogP contribution >= 0.6 is 11.6 Å². The van der Waals surface area contributed by atoms with Crippen LogP contribution in [0.5, 0.6) is 0 Å². The van der Waals surface area contributed by atoms with Gasteiger partial charge in [0, 0.05) is 5.56 Å². The van der Waals surface area contributed by atoms with Crippen LogP contribution in [0.1, 0.15) is 29.9 Å². The topological polar surface area (TPSA) is 65.2 Å². The average molecular weight is 249 g/mol. The van der Waals surface area contributed by atoms with Crippen LogP contribution < -0.4 is 5.73 Å². The molecule has 0 bridgehead atoms. The number of methoxy groups -OCH3 is 1. The highest BCUT2D eigenvalue weighted by Gasteiger charge is 2.19. The Morgan fingerprint density at radius 2 is 2.00 bits per heavy atom. The van der Waals surface area contributed by atoms with Gasteiger partial charge in [0.05, 0.1) is 12.8 Å². The largest absolute Gasteiger partial charge is 0.464 e. The van der Waals surface area contributed by atoms with Crippen molar-refractivity contribution in [3.05, 3.63) is 22.2 Å². The minimum absolute atomic E-state index is 0.0728. The molecule has 0 aliphatic rings. The van der Waals surface area contributed by atoms with Crippen molar-refractivity contribution < 1.29 is 13.9 Å². The Hall–Kier alpha value is -1.36. The van der Waals surface area contributed by atoms with Gasteiger partial charge in [-0.15, -0.1) is 0 Å². The van der Waals surface area contributed by atoms with E-state index in [0.717, 1.165) is 0 Å². The third-order valence-corrected chi connectivity index (χ3v) is 2.02. The number of anilines is 1. The van der Waals surface area contributed by atoms with Crippen molar-refractivity contribution in [1.29, 1.82) is 0 Å². The number of ether oxygens (including phenoxy) is 1. The van der Waals surface area contributed by atoms with Gasteiger partial charge in [-0.2, -0.15) is 0 Å². The van der Waals surface area contributed by atoms with Crippen LogP contribution in [-0.4, -0.2) is 18.1 Å². The van der Waals surface area contributed by atoms with Crippen LogP contribution in [0.3, 0.4) is 0 Å². The van der Waals surface area contributed by atoms with Crippen molar-refractivity contribution in [2.75, 3.05) is 12.8 Å². The van der Waals surface area contributed by atoms with Crippen LogP contribution in [0.15, 0.2) is 0 Å². The highest BCUT2D eigenvalue weighted by molar-refractivity contribution is 6.30. The van der Waals surface area contributed by atoms with Crippen LogP contribution in [0, 0.1) is 12.7 Å². The Labute approximate surface area is 98.6 Å². The minimum atomic E-state index is -0.822. The number of esters is 1. The maximum absolute atomic E-state index is 13.1. The molecule has 1 aromatic heterocycles. The molecule has 1 aromatic rings. The summed E-state index contributed by atoms with van der Waals surface area (Å²) in [4.78, 5) is 14.7. The number of rotatable bonds is 1. The fourth-order valence-electron chi connectivity index (χ4n) is 0.930. The number of aromatic nitrogens is 1. The molecule has 0 radical (unpaired) electrons. The van der Waals surface area contributed by atoms with Crippen LogP contribution in [0.2, 0.25) is 5.15 Å². The molecule has 0 saturated carbocycles. The summed E-state index contributed by atoms with van der Waals surface area (Å²) >= 11 is 5.42. The summed E-state index contributed by atoms with van der Waals surface area (Å²) in [5.41, 5.74) is 5.33. The number of nitrogen functional groups attached to an aromatic ring is 1. The number of pyridine rings is 1. The maximum atomic E-state index is 13.1. The number of halogens is 2. The maximum Gasteiger partial charge on any atom is 0.357 e. The highest BCUT2D eigenvalue weighted by atomic mass is 35.5. The molecule has 4 nitrogen and oxygen atoms in total. The van der Waals surface area contributed by atoms with E-state index in [1.54, 1.807) is 0 Å². The molecule has 16 heavy (non-hydrogen) atoms. The van der Waals surface area contributed by atoms with Gasteiger partial charge >= 0.3 is 5.97 Å². The van der Waals surface area contributed by atoms with E-state index < -0.39 is 16.9 Å². The second-order valence-corrected chi connectivity index (χ2v) is 2.95. The fourth-order valence-corrected chi connectivity index (χ4v) is 1.12. The summed E-state index contributed by atoms with van der Waals surface area (Å²) in [5.74, 6) is -1.52. The van der Waals surface area contributed by atoms with Gasteiger partial charge in [0.15, 0.2) is 16.7 Å². The molecule has 0 amide bonds. The molecular weight excluding hydrogens is 235 g/mol. The Balaban J connectivity index is 0.00000106. The first-order valence-corrected chi connectivity index (χ1v) is 5.06. The van der Waals surface area contributed by atoms with Gasteiger partial charge in [0.2, 0.25) is 0 Å². The summed E-state index contributed by atoms with van der Waals surface area (Å²) in [6.45, 7) is 5.47. The number of nitrogens with zero attached hydrogens (tertiary/aromatic N) is 1. The molecule has 0 aliphatic heterocycles. The van der Waals surface area contributed by atoms with E-state index in [0.29, 0.717) is 0 Å². The quantitative estimate of drug-likeness (QED) is 0.613. The molecule has 2 N–H and O–H groups in total.